The van der Waals surface area contributed by atoms with Gasteiger partial charge in [-0.1, -0.05) is 32.0 Å². The summed E-state index contributed by atoms with van der Waals surface area (Å²) in [6, 6.07) is 13.0. The number of fused-ring (bicyclic) bond motifs is 1. The summed E-state index contributed by atoms with van der Waals surface area (Å²) >= 11 is 0. The van der Waals surface area contributed by atoms with Crippen molar-refractivity contribution in [3.63, 3.8) is 0 Å². The van der Waals surface area contributed by atoms with Crippen LogP contribution in [-0.2, 0) is 11.2 Å². The Morgan fingerprint density at radius 1 is 1.23 bits per heavy atom. The minimum absolute atomic E-state index is 0.0443. The summed E-state index contributed by atoms with van der Waals surface area (Å²) in [4.78, 5) is 25.2. The average molecular weight is 407 g/mol. The number of rotatable bonds is 6. The molecule has 0 radical (unpaired) electrons. The van der Waals surface area contributed by atoms with E-state index in [1.165, 1.54) is 5.56 Å². The molecule has 158 valence electrons. The average Bonchev–Trinajstić information content (AvgIpc) is 2.72. The number of carbonyl (C=O) groups is 2. The summed E-state index contributed by atoms with van der Waals surface area (Å²) in [7, 11) is 1.63. The maximum Gasteiger partial charge on any atom is 0.227 e. The first-order valence-electron chi connectivity index (χ1n) is 10.3. The molecular weight excluding hydrogens is 376 g/mol. The van der Waals surface area contributed by atoms with Crippen LogP contribution in [0.4, 0.5) is 5.69 Å². The SMILES string of the molecule is CCC(C)C(=O)Nc1cccc(C(=O)C=C2NC(C)(C)Cc3ccc(OC)cc32)c1. The summed E-state index contributed by atoms with van der Waals surface area (Å²) in [5.74, 6) is 0.510. The van der Waals surface area contributed by atoms with Crippen molar-refractivity contribution in [1.82, 2.24) is 5.32 Å². The highest BCUT2D eigenvalue weighted by Gasteiger charge is 2.28. The van der Waals surface area contributed by atoms with Crippen LogP contribution in [0.2, 0.25) is 0 Å². The van der Waals surface area contributed by atoms with Crippen molar-refractivity contribution in [1.29, 1.82) is 0 Å². The number of hydrogen-bond acceptors (Lipinski definition) is 4. The van der Waals surface area contributed by atoms with Crippen molar-refractivity contribution in [3.05, 3.63) is 65.2 Å². The van der Waals surface area contributed by atoms with Gasteiger partial charge in [-0.3, -0.25) is 9.59 Å². The van der Waals surface area contributed by atoms with Gasteiger partial charge in [0.1, 0.15) is 5.75 Å². The van der Waals surface area contributed by atoms with Gasteiger partial charge < -0.3 is 15.4 Å². The fraction of sp³-hybridized carbons (Fsp3) is 0.360. The summed E-state index contributed by atoms with van der Waals surface area (Å²) in [6.45, 7) is 8.09. The largest absolute Gasteiger partial charge is 0.497 e. The Bertz CT molecular complexity index is 992. The molecule has 2 aromatic carbocycles. The highest BCUT2D eigenvalue weighted by atomic mass is 16.5. The lowest BCUT2D eigenvalue weighted by Crippen LogP contribution is -2.43. The number of ether oxygens (including phenoxy) is 1. The van der Waals surface area contributed by atoms with Gasteiger partial charge in [-0.05, 0) is 56.5 Å². The second kappa shape index (κ2) is 8.74. The fourth-order valence-corrected chi connectivity index (χ4v) is 3.57. The Labute approximate surface area is 178 Å². The molecule has 5 heteroatoms. The van der Waals surface area contributed by atoms with Gasteiger partial charge in [0.05, 0.1) is 7.11 Å². The van der Waals surface area contributed by atoms with E-state index in [0.29, 0.717) is 11.3 Å². The van der Waals surface area contributed by atoms with Gasteiger partial charge >= 0.3 is 0 Å². The summed E-state index contributed by atoms with van der Waals surface area (Å²) < 4.78 is 5.37. The lowest BCUT2D eigenvalue weighted by Gasteiger charge is -2.35. The van der Waals surface area contributed by atoms with Gasteiger partial charge in [0.15, 0.2) is 5.78 Å². The monoisotopic (exact) mass is 406 g/mol. The van der Waals surface area contributed by atoms with Crippen LogP contribution in [0.5, 0.6) is 5.75 Å². The molecule has 0 saturated heterocycles. The highest BCUT2D eigenvalue weighted by molar-refractivity contribution is 6.09. The van der Waals surface area contributed by atoms with Crippen LogP contribution < -0.4 is 15.4 Å². The van der Waals surface area contributed by atoms with Crippen molar-refractivity contribution in [2.75, 3.05) is 12.4 Å². The molecule has 2 aromatic rings. The predicted octanol–water partition coefficient (Wildman–Crippen LogP) is 4.83. The topological polar surface area (TPSA) is 67.4 Å². The van der Waals surface area contributed by atoms with E-state index in [2.05, 4.69) is 30.5 Å². The number of allylic oxidation sites excluding steroid dienone is 1. The van der Waals surface area contributed by atoms with Crippen molar-refractivity contribution >= 4 is 23.1 Å². The second-order valence-corrected chi connectivity index (χ2v) is 8.51. The Balaban J connectivity index is 1.91. The van der Waals surface area contributed by atoms with E-state index in [1.807, 2.05) is 26.0 Å². The zero-order chi connectivity index (χ0) is 21.9. The number of carbonyl (C=O) groups excluding carboxylic acids is 2. The van der Waals surface area contributed by atoms with E-state index in [0.717, 1.165) is 29.9 Å². The lowest BCUT2D eigenvalue weighted by atomic mass is 9.85. The molecule has 1 heterocycles. The minimum atomic E-state index is -0.167. The molecule has 0 aliphatic carbocycles. The van der Waals surface area contributed by atoms with E-state index in [4.69, 9.17) is 4.74 Å². The van der Waals surface area contributed by atoms with Gasteiger partial charge in [0.25, 0.3) is 0 Å². The van der Waals surface area contributed by atoms with Crippen LogP contribution in [0, 0.1) is 5.92 Å². The quantitative estimate of drug-likeness (QED) is 0.533. The Morgan fingerprint density at radius 3 is 2.70 bits per heavy atom. The molecular formula is C25H30N2O3. The first-order chi connectivity index (χ1) is 14.2. The van der Waals surface area contributed by atoms with Crippen molar-refractivity contribution in [2.45, 2.75) is 46.1 Å². The number of anilines is 1. The third-order valence-electron chi connectivity index (χ3n) is 5.46. The number of benzene rings is 2. The van der Waals surface area contributed by atoms with Gasteiger partial charge in [0.2, 0.25) is 5.91 Å². The van der Waals surface area contributed by atoms with Crippen LogP contribution in [0.1, 0.15) is 55.6 Å². The van der Waals surface area contributed by atoms with Crippen molar-refractivity contribution in [2.24, 2.45) is 5.92 Å². The molecule has 0 aromatic heterocycles. The molecule has 30 heavy (non-hydrogen) atoms. The van der Waals surface area contributed by atoms with Gasteiger partial charge in [-0.15, -0.1) is 0 Å². The van der Waals surface area contributed by atoms with Crippen molar-refractivity contribution in [3.8, 4) is 5.75 Å². The molecule has 3 rings (SSSR count). The first-order valence-corrected chi connectivity index (χ1v) is 10.3. The van der Waals surface area contributed by atoms with E-state index < -0.39 is 0 Å². The number of hydrogen-bond donors (Lipinski definition) is 2. The van der Waals surface area contributed by atoms with Gasteiger partial charge in [-0.25, -0.2) is 0 Å². The normalized spacial score (nSPS) is 16.9. The number of amides is 1. The molecule has 0 spiro atoms. The molecule has 1 atom stereocenters. The molecule has 0 saturated carbocycles. The summed E-state index contributed by atoms with van der Waals surface area (Å²) in [6.07, 6.45) is 3.25. The molecule has 5 nitrogen and oxygen atoms in total. The Hall–Kier alpha value is -3.08. The maximum atomic E-state index is 13.1. The maximum absolute atomic E-state index is 13.1. The first kappa shape index (κ1) is 21.6. The minimum Gasteiger partial charge on any atom is -0.497 e. The lowest BCUT2D eigenvalue weighted by molar-refractivity contribution is -0.119. The molecule has 1 unspecified atom stereocenters. The van der Waals surface area contributed by atoms with Crippen LogP contribution in [0.25, 0.3) is 5.70 Å². The van der Waals surface area contributed by atoms with Gasteiger partial charge in [0, 0.05) is 40.0 Å². The smallest absolute Gasteiger partial charge is 0.227 e. The van der Waals surface area contributed by atoms with Crippen LogP contribution in [-0.4, -0.2) is 24.3 Å². The second-order valence-electron chi connectivity index (χ2n) is 8.51. The molecule has 0 fully saturated rings. The standard InChI is InChI=1S/C25H30N2O3/c1-6-16(2)24(29)26-19-9-7-8-17(12-19)23(28)14-22-21-13-20(30-5)11-10-18(21)15-25(3,4)27-22/h7-14,16,27H,6,15H2,1-5H3,(H,26,29). The molecule has 1 amide bonds. The molecule has 2 N–H and O–H groups in total. The number of methoxy groups -OCH3 is 1. The summed E-state index contributed by atoms with van der Waals surface area (Å²) in [5.41, 5.74) is 3.91. The van der Waals surface area contributed by atoms with E-state index in [-0.39, 0.29) is 23.1 Å². The number of ketones is 1. The van der Waals surface area contributed by atoms with Crippen molar-refractivity contribution < 1.29 is 14.3 Å². The van der Waals surface area contributed by atoms with E-state index >= 15 is 0 Å². The zero-order valence-corrected chi connectivity index (χ0v) is 18.3. The van der Waals surface area contributed by atoms with E-state index in [9.17, 15) is 9.59 Å². The zero-order valence-electron chi connectivity index (χ0n) is 18.3. The molecule has 1 aliphatic rings. The fourth-order valence-electron chi connectivity index (χ4n) is 3.57. The summed E-state index contributed by atoms with van der Waals surface area (Å²) in [5, 5.41) is 6.38. The third kappa shape index (κ3) is 4.90. The third-order valence-corrected chi connectivity index (χ3v) is 5.46. The molecule has 0 bridgehead atoms. The van der Waals surface area contributed by atoms with Gasteiger partial charge in [-0.2, -0.15) is 0 Å². The van der Waals surface area contributed by atoms with Crippen LogP contribution in [0.15, 0.2) is 48.5 Å². The Kier molecular flexibility index (Phi) is 6.30. The molecule has 1 aliphatic heterocycles. The highest BCUT2D eigenvalue weighted by Crippen LogP contribution is 2.32. The van der Waals surface area contributed by atoms with Crippen LogP contribution in [0.3, 0.4) is 0 Å². The Morgan fingerprint density at radius 2 is 2.00 bits per heavy atom. The van der Waals surface area contributed by atoms with Crippen LogP contribution >= 0.6 is 0 Å². The predicted molar refractivity (Wildman–Crippen MR) is 121 cm³/mol. The van der Waals surface area contributed by atoms with E-state index in [1.54, 1.807) is 37.5 Å². The number of nitrogens with one attached hydrogen (secondary N) is 2.